The lowest BCUT2D eigenvalue weighted by Gasteiger charge is -2.14. The molecule has 0 bridgehead atoms. The Morgan fingerprint density at radius 1 is 1.20 bits per heavy atom. The van der Waals surface area contributed by atoms with E-state index in [1.807, 2.05) is 24.3 Å². The minimum Gasteiger partial charge on any atom is -0.280 e. The van der Waals surface area contributed by atoms with Gasteiger partial charge in [0.15, 0.2) is 0 Å². The van der Waals surface area contributed by atoms with Crippen LogP contribution in [0.4, 0.5) is 5.95 Å². The Hall–Kier alpha value is -2.96. The number of hydrogen-bond acceptors (Lipinski definition) is 5. The smallest absolute Gasteiger partial charge is 0.263 e. The van der Waals surface area contributed by atoms with E-state index in [0.29, 0.717) is 17.3 Å². The molecule has 3 aromatic rings. The van der Waals surface area contributed by atoms with E-state index in [-0.39, 0.29) is 17.4 Å². The molecule has 0 unspecified atom stereocenters. The molecule has 2 heterocycles. The number of benzene rings is 1. The molecular formula is C18H21N5O2. The van der Waals surface area contributed by atoms with Gasteiger partial charge in [-0.05, 0) is 12.5 Å². The topological polar surface area (TPSA) is 88.9 Å². The van der Waals surface area contributed by atoms with E-state index in [9.17, 15) is 9.59 Å². The molecule has 2 aromatic heterocycles. The summed E-state index contributed by atoms with van der Waals surface area (Å²) in [5.41, 5.74) is 7.27. The number of pyridine rings is 1. The Morgan fingerprint density at radius 3 is 2.68 bits per heavy atom. The molecule has 0 saturated carbocycles. The zero-order valence-electron chi connectivity index (χ0n) is 14.6. The number of anilines is 1. The van der Waals surface area contributed by atoms with E-state index in [1.165, 1.54) is 4.57 Å². The van der Waals surface area contributed by atoms with E-state index < -0.39 is 0 Å². The summed E-state index contributed by atoms with van der Waals surface area (Å²) in [5.74, 6) is 0.105. The molecule has 1 aromatic carbocycles. The fraction of sp³-hybridized carbons (Fsp3) is 0.333. The quantitative estimate of drug-likeness (QED) is 0.550. The van der Waals surface area contributed by atoms with Gasteiger partial charge in [0.05, 0.1) is 16.6 Å². The molecule has 0 atom stereocenters. The highest BCUT2D eigenvalue weighted by Crippen LogP contribution is 2.24. The van der Waals surface area contributed by atoms with Gasteiger partial charge in [-0.3, -0.25) is 30.0 Å². The van der Waals surface area contributed by atoms with Crippen LogP contribution in [0.3, 0.4) is 0 Å². The third kappa shape index (κ3) is 3.05. The Balaban J connectivity index is 2.28. The summed E-state index contributed by atoms with van der Waals surface area (Å²) in [6, 6.07) is 7.58. The number of carbonyl (C=O) groups excluding carboxylic acids is 1. The minimum absolute atomic E-state index is 0.172. The van der Waals surface area contributed by atoms with Gasteiger partial charge in [0.25, 0.3) is 5.56 Å². The average molecular weight is 339 g/mol. The van der Waals surface area contributed by atoms with Gasteiger partial charge >= 0.3 is 0 Å². The maximum atomic E-state index is 13.0. The second kappa shape index (κ2) is 6.88. The highest BCUT2D eigenvalue weighted by molar-refractivity contribution is 6.04. The zero-order valence-corrected chi connectivity index (χ0v) is 14.6. The first-order valence-corrected chi connectivity index (χ1v) is 8.40. The molecule has 25 heavy (non-hydrogen) atoms. The van der Waals surface area contributed by atoms with Crippen molar-refractivity contribution in [3.8, 4) is 0 Å². The summed E-state index contributed by atoms with van der Waals surface area (Å²) < 4.78 is 1.40. The molecule has 3 rings (SSSR count). The lowest BCUT2D eigenvalue weighted by molar-refractivity contribution is -0.120. The van der Waals surface area contributed by atoms with Crippen LogP contribution < -0.4 is 16.4 Å². The monoisotopic (exact) mass is 339 g/mol. The second-order valence-corrected chi connectivity index (χ2v) is 5.88. The average Bonchev–Trinajstić information content (AvgIpc) is 2.63. The standard InChI is InChI=1S/C18H21N5O2/c1-4-8-13-16-15(11-9-6-7-10-12(11)19-13)17(25)23(3)18(20-16)22-21-14(24)5-2/h6-7,9-10H,4-5,8H2,1-3H3,(H,20,22)(H,21,24). The maximum Gasteiger partial charge on any atom is 0.263 e. The third-order valence-corrected chi connectivity index (χ3v) is 4.11. The van der Waals surface area contributed by atoms with Crippen molar-refractivity contribution in [1.82, 2.24) is 20.0 Å². The number of hydrazine groups is 1. The largest absolute Gasteiger partial charge is 0.280 e. The molecule has 0 aliphatic heterocycles. The SMILES string of the molecule is CCCc1nc2ccccc2c2c(=O)n(C)c(NNC(=O)CC)nc12. The molecule has 2 N–H and O–H groups in total. The summed E-state index contributed by atoms with van der Waals surface area (Å²) in [4.78, 5) is 33.7. The third-order valence-electron chi connectivity index (χ3n) is 4.11. The summed E-state index contributed by atoms with van der Waals surface area (Å²) >= 11 is 0. The summed E-state index contributed by atoms with van der Waals surface area (Å²) in [5, 5.41) is 1.35. The van der Waals surface area contributed by atoms with Crippen molar-refractivity contribution >= 4 is 33.7 Å². The Bertz CT molecular complexity index is 1010. The van der Waals surface area contributed by atoms with Crippen molar-refractivity contribution in [2.24, 2.45) is 7.05 Å². The molecule has 0 saturated heterocycles. The van der Waals surface area contributed by atoms with Crippen LogP contribution in [0.5, 0.6) is 0 Å². The van der Waals surface area contributed by atoms with Gasteiger partial charge in [-0.15, -0.1) is 0 Å². The molecule has 0 fully saturated rings. The van der Waals surface area contributed by atoms with Gasteiger partial charge in [0.1, 0.15) is 5.52 Å². The Morgan fingerprint density at radius 2 is 1.96 bits per heavy atom. The van der Waals surface area contributed by atoms with Crippen LogP contribution in [0.15, 0.2) is 29.1 Å². The molecule has 7 nitrogen and oxygen atoms in total. The number of aryl methyl sites for hydroxylation is 1. The molecule has 1 amide bonds. The lowest BCUT2D eigenvalue weighted by Crippen LogP contribution is -2.33. The van der Waals surface area contributed by atoms with Crippen LogP contribution in [0.1, 0.15) is 32.4 Å². The first-order chi connectivity index (χ1) is 12.1. The van der Waals surface area contributed by atoms with Gasteiger partial charge in [-0.1, -0.05) is 38.5 Å². The number of amides is 1. The van der Waals surface area contributed by atoms with Crippen molar-refractivity contribution in [3.05, 3.63) is 40.3 Å². The molecule has 0 spiro atoms. The highest BCUT2D eigenvalue weighted by Gasteiger charge is 2.16. The van der Waals surface area contributed by atoms with Gasteiger partial charge in [0, 0.05) is 18.9 Å². The van der Waals surface area contributed by atoms with Crippen LogP contribution in [-0.4, -0.2) is 20.4 Å². The number of nitrogens with one attached hydrogen (secondary N) is 2. The number of para-hydroxylation sites is 1. The maximum absolute atomic E-state index is 13.0. The van der Waals surface area contributed by atoms with E-state index in [0.717, 1.165) is 29.4 Å². The van der Waals surface area contributed by atoms with Crippen molar-refractivity contribution in [3.63, 3.8) is 0 Å². The fourth-order valence-electron chi connectivity index (χ4n) is 2.77. The molecular weight excluding hydrogens is 318 g/mol. The summed E-state index contributed by atoms with van der Waals surface area (Å²) in [7, 11) is 1.63. The number of nitrogens with zero attached hydrogens (tertiary/aromatic N) is 3. The molecule has 0 aliphatic carbocycles. The van der Waals surface area contributed by atoms with E-state index >= 15 is 0 Å². The predicted molar refractivity (Wildman–Crippen MR) is 98.3 cm³/mol. The number of fused-ring (bicyclic) bond motifs is 3. The Kier molecular flexibility index (Phi) is 4.65. The van der Waals surface area contributed by atoms with Crippen LogP contribution in [-0.2, 0) is 18.3 Å². The highest BCUT2D eigenvalue weighted by atomic mass is 16.2. The van der Waals surface area contributed by atoms with Gasteiger partial charge < -0.3 is 0 Å². The van der Waals surface area contributed by atoms with E-state index in [4.69, 9.17) is 4.98 Å². The van der Waals surface area contributed by atoms with Crippen molar-refractivity contribution in [2.75, 3.05) is 5.43 Å². The lowest BCUT2D eigenvalue weighted by atomic mass is 10.1. The molecule has 130 valence electrons. The zero-order chi connectivity index (χ0) is 18.0. The molecule has 0 aliphatic rings. The van der Waals surface area contributed by atoms with Gasteiger partial charge in [-0.2, -0.15) is 0 Å². The molecule has 7 heteroatoms. The normalized spacial score (nSPS) is 11.0. The number of carbonyl (C=O) groups is 1. The van der Waals surface area contributed by atoms with Crippen molar-refractivity contribution in [2.45, 2.75) is 33.1 Å². The Labute approximate surface area is 145 Å². The van der Waals surface area contributed by atoms with Crippen LogP contribution >= 0.6 is 0 Å². The first kappa shape index (κ1) is 16.9. The summed E-state index contributed by atoms with van der Waals surface area (Å²) in [6.07, 6.45) is 1.96. The van der Waals surface area contributed by atoms with Gasteiger partial charge in [0.2, 0.25) is 11.9 Å². The van der Waals surface area contributed by atoms with Crippen LogP contribution in [0.25, 0.3) is 21.8 Å². The minimum atomic E-state index is -0.181. The van der Waals surface area contributed by atoms with Crippen LogP contribution in [0, 0.1) is 0 Å². The molecule has 0 radical (unpaired) electrons. The number of rotatable bonds is 5. The second-order valence-electron chi connectivity index (χ2n) is 5.88. The van der Waals surface area contributed by atoms with Crippen LogP contribution in [0.2, 0.25) is 0 Å². The van der Waals surface area contributed by atoms with Crippen molar-refractivity contribution in [1.29, 1.82) is 0 Å². The van der Waals surface area contributed by atoms with Crippen molar-refractivity contribution < 1.29 is 4.79 Å². The van der Waals surface area contributed by atoms with Gasteiger partial charge in [-0.25, -0.2) is 4.98 Å². The first-order valence-electron chi connectivity index (χ1n) is 8.40. The summed E-state index contributed by atoms with van der Waals surface area (Å²) in [6.45, 7) is 3.81. The fourth-order valence-corrected chi connectivity index (χ4v) is 2.77. The number of aromatic nitrogens is 3. The predicted octanol–water partition coefficient (Wildman–Crippen LogP) is 2.29. The number of hydrogen-bond donors (Lipinski definition) is 2. The van der Waals surface area contributed by atoms with E-state index in [2.05, 4.69) is 22.8 Å². The van der Waals surface area contributed by atoms with E-state index in [1.54, 1.807) is 14.0 Å².